The summed E-state index contributed by atoms with van der Waals surface area (Å²) in [6.07, 6.45) is -4.12. The van der Waals surface area contributed by atoms with Gasteiger partial charge < -0.3 is 25.0 Å². The predicted octanol–water partition coefficient (Wildman–Crippen LogP) is 3.07. The number of rotatable bonds is 10. The fraction of sp³-hybridized carbons (Fsp3) is 0.682. The lowest BCUT2D eigenvalue weighted by molar-refractivity contribution is -0.137. The lowest BCUT2D eigenvalue weighted by Gasteiger charge is -2.24. The SMILES string of the molecule is CCNC(=NCC(O)COc1ccc(C(F)(F)F)cc1)N1CCC(CN(CC)CC)C1. The molecular weight excluding hydrogens is 409 g/mol. The van der Waals surface area contributed by atoms with Crippen LogP contribution >= 0.6 is 0 Å². The van der Waals surface area contributed by atoms with Gasteiger partial charge >= 0.3 is 6.18 Å². The van der Waals surface area contributed by atoms with Gasteiger partial charge in [-0.25, -0.2) is 0 Å². The highest BCUT2D eigenvalue weighted by Crippen LogP contribution is 2.30. The molecule has 2 atom stereocenters. The van der Waals surface area contributed by atoms with Crippen molar-refractivity contribution in [2.24, 2.45) is 10.9 Å². The van der Waals surface area contributed by atoms with E-state index in [1.54, 1.807) is 0 Å². The number of guanidine groups is 1. The third-order valence-electron chi connectivity index (χ3n) is 5.41. The number of likely N-dealkylation sites (tertiary alicyclic amines) is 1. The second kappa shape index (κ2) is 12.1. The van der Waals surface area contributed by atoms with Crippen LogP contribution in [0.25, 0.3) is 0 Å². The highest BCUT2D eigenvalue weighted by molar-refractivity contribution is 5.80. The average molecular weight is 445 g/mol. The minimum Gasteiger partial charge on any atom is -0.491 e. The van der Waals surface area contributed by atoms with Crippen LogP contribution in [0.4, 0.5) is 13.2 Å². The zero-order valence-corrected chi connectivity index (χ0v) is 18.7. The van der Waals surface area contributed by atoms with E-state index in [1.807, 2.05) is 6.92 Å². The normalized spacial score (nSPS) is 18.5. The number of ether oxygens (including phenoxy) is 1. The number of benzene rings is 1. The molecule has 0 saturated carbocycles. The molecule has 1 aliphatic heterocycles. The molecule has 6 nitrogen and oxygen atoms in total. The smallest absolute Gasteiger partial charge is 0.416 e. The Kier molecular flexibility index (Phi) is 9.90. The molecule has 0 bridgehead atoms. The van der Waals surface area contributed by atoms with E-state index in [4.69, 9.17) is 4.74 Å². The Balaban J connectivity index is 1.84. The number of aliphatic hydroxyl groups excluding tert-OH is 1. The first-order valence-corrected chi connectivity index (χ1v) is 11.0. The monoisotopic (exact) mass is 444 g/mol. The van der Waals surface area contributed by atoms with E-state index in [-0.39, 0.29) is 18.9 Å². The molecule has 2 unspecified atom stereocenters. The van der Waals surface area contributed by atoms with E-state index < -0.39 is 17.8 Å². The molecule has 1 fully saturated rings. The van der Waals surface area contributed by atoms with Crippen molar-refractivity contribution < 1.29 is 23.0 Å². The number of nitrogens with one attached hydrogen (secondary N) is 1. The van der Waals surface area contributed by atoms with Crippen LogP contribution in [-0.2, 0) is 6.18 Å². The van der Waals surface area contributed by atoms with E-state index in [0.29, 0.717) is 5.92 Å². The molecule has 9 heteroatoms. The summed E-state index contributed by atoms with van der Waals surface area (Å²) in [4.78, 5) is 9.20. The maximum atomic E-state index is 12.6. The van der Waals surface area contributed by atoms with Gasteiger partial charge in [-0.2, -0.15) is 13.2 Å². The van der Waals surface area contributed by atoms with Gasteiger partial charge in [-0.1, -0.05) is 13.8 Å². The van der Waals surface area contributed by atoms with E-state index in [2.05, 4.69) is 34.0 Å². The largest absolute Gasteiger partial charge is 0.491 e. The molecule has 1 heterocycles. The number of alkyl halides is 3. The van der Waals surface area contributed by atoms with Crippen molar-refractivity contribution in [2.75, 3.05) is 52.4 Å². The number of nitrogens with zero attached hydrogens (tertiary/aromatic N) is 3. The molecule has 0 radical (unpaired) electrons. The summed E-state index contributed by atoms with van der Waals surface area (Å²) in [7, 11) is 0. The van der Waals surface area contributed by atoms with Crippen molar-refractivity contribution in [3.63, 3.8) is 0 Å². The molecule has 0 amide bonds. The van der Waals surface area contributed by atoms with Gasteiger partial charge in [-0.05, 0) is 56.6 Å². The van der Waals surface area contributed by atoms with Gasteiger partial charge in [-0.15, -0.1) is 0 Å². The maximum Gasteiger partial charge on any atom is 0.416 e. The third-order valence-corrected chi connectivity index (χ3v) is 5.41. The van der Waals surface area contributed by atoms with Crippen LogP contribution in [0.15, 0.2) is 29.3 Å². The number of aliphatic hydroxyl groups is 1. The summed E-state index contributed by atoms with van der Waals surface area (Å²) in [6, 6.07) is 4.43. The summed E-state index contributed by atoms with van der Waals surface area (Å²) in [5.41, 5.74) is -0.731. The van der Waals surface area contributed by atoms with Gasteiger partial charge in [-0.3, -0.25) is 4.99 Å². The van der Waals surface area contributed by atoms with Crippen LogP contribution in [0.2, 0.25) is 0 Å². The zero-order chi connectivity index (χ0) is 22.9. The summed E-state index contributed by atoms with van der Waals surface area (Å²) in [6.45, 7) is 12.2. The minimum absolute atomic E-state index is 0.0428. The molecule has 0 aromatic heterocycles. The van der Waals surface area contributed by atoms with E-state index in [1.165, 1.54) is 12.1 Å². The zero-order valence-electron chi connectivity index (χ0n) is 18.7. The van der Waals surface area contributed by atoms with Crippen molar-refractivity contribution in [1.82, 2.24) is 15.1 Å². The Morgan fingerprint density at radius 1 is 1.26 bits per heavy atom. The van der Waals surface area contributed by atoms with Gasteiger partial charge in [0.15, 0.2) is 5.96 Å². The Bertz CT molecular complexity index is 678. The molecule has 2 rings (SSSR count). The van der Waals surface area contributed by atoms with Crippen LogP contribution in [0.3, 0.4) is 0 Å². The first-order valence-electron chi connectivity index (χ1n) is 11.0. The van der Waals surface area contributed by atoms with Crippen LogP contribution in [0, 0.1) is 5.92 Å². The number of hydrogen-bond donors (Lipinski definition) is 2. The lowest BCUT2D eigenvalue weighted by atomic mass is 10.1. The standard InChI is InChI=1S/C22H35F3N4O2/c1-4-26-21(29-12-11-17(15-29)14-28(5-2)6-3)27-13-19(30)16-31-20-9-7-18(8-10-20)22(23,24)25/h7-10,17,19,30H,4-6,11-16H2,1-3H3,(H,26,27). The van der Waals surface area contributed by atoms with Crippen LogP contribution < -0.4 is 10.1 Å². The van der Waals surface area contributed by atoms with Crippen LogP contribution in [0.5, 0.6) is 5.75 Å². The average Bonchev–Trinajstić information content (AvgIpc) is 3.21. The summed E-state index contributed by atoms with van der Waals surface area (Å²) >= 11 is 0. The summed E-state index contributed by atoms with van der Waals surface area (Å²) in [5.74, 6) is 1.65. The van der Waals surface area contributed by atoms with Gasteiger partial charge in [0, 0.05) is 26.2 Å². The van der Waals surface area contributed by atoms with Crippen molar-refractivity contribution in [1.29, 1.82) is 0 Å². The van der Waals surface area contributed by atoms with Crippen molar-refractivity contribution in [3.05, 3.63) is 29.8 Å². The quantitative estimate of drug-likeness (QED) is 0.429. The van der Waals surface area contributed by atoms with Gasteiger partial charge in [0.05, 0.1) is 12.1 Å². The molecule has 0 spiro atoms. The first-order chi connectivity index (χ1) is 14.8. The molecule has 1 aromatic carbocycles. The summed E-state index contributed by atoms with van der Waals surface area (Å²) in [5, 5.41) is 13.5. The first kappa shape index (κ1) is 25.3. The fourth-order valence-electron chi connectivity index (χ4n) is 3.62. The molecule has 0 aliphatic carbocycles. The van der Waals surface area contributed by atoms with Gasteiger partial charge in [0.1, 0.15) is 18.5 Å². The molecule has 2 N–H and O–H groups in total. The second-order valence-corrected chi connectivity index (χ2v) is 7.77. The predicted molar refractivity (Wildman–Crippen MR) is 116 cm³/mol. The molecule has 1 saturated heterocycles. The number of halogens is 3. The van der Waals surface area contributed by atoms with Crippen LogP contribution in [0.1, 0.15) is 32.8 Å². The molecule has 176 valence electrons. The Labute approximate surface area is 183 Å². The lowest BCUT2D eigenvalue weighted by Crippen LogP contribution is -2.41. The maximum absolute atomic E-state index is 12.6. The van der Waals surface area contributed by atoms with Crippen molar-refractivity contribution in [2.45, 2.75) is 39.5 Å². The highest BCUT2D eigenvalue weighted by atomic mass is 19.4. The molecule has 31 heavy (non-hydrogen) atoms. The number of aliphatic imine (C=N–C) groups is 1. The molecule has 1 aromatic rings. The van der Waals surface area contributed by atoms with Gasteiger partial charge in [0.25, 0.3) is 0 Å². The van der Waals surface area contributed by atoms with Crippen molar-refractivity contribution in [3.8, 4) is 5.75 Å². The second-order valence-electron chi connectivity index (χ2n) is 7.77. The Morgan fingerprint density at radius 2 is 1.94 bits per heavy atom. The molecular formula is C22H35F3N4O2. The fourth-order valence-corrected chi connectivity index (χ4v) is 3.62. The van der Waals surface area contributed by atoms with Crippen LogP contribution in [-0.4, -0.2) is 79.4 Å². The molecule has 1 aliphatic rings. The summed E-state index contributed by atoms with van der Waals surface area (Å²) < 4.78 is 43.3. The van der Waals surface area contributed by atoms with Crippen molar-refractivity contribution >= 4 is 5.96 Å². The van der Waals surface area contributed by atoms with E-state index in [0.717, 1.165) is 63.8 Å². The number of hydrogen-bond acceptors (Lipinski definition) is 4. The van der Waals surface area contributed by atoms with Gasteiger partial charge in [0.2, 0.25) is 0 Å². The van der Waals surface area contributed by atoms with E-state index in [9.17, 15) is 18.3 Å². The Morgan fingerprint density at radius 3 is 2.52 bits per heavy atom. The Hall–Kier alpha value is -2.00. The topological polar surface area (TPSA) is 60.3 Å². The highest BCUT2D eigenvalue weighted by Gasteiger charge is 2.30. The minimum atomic E-state index is -4.38. The third kappa shape index (κ3) is 8.22. The van der Waals surface area contributed by atoms with E-state index >= 15 is 0 Å².